The number of aliphatic carboxylic acids is 1. The molecule has 0 aliphatic heterocycles. The molecule has 0 aromatic heterocycles. The van der Waals surface area contributed by atoms with Crippen LogP contribution in [0.1, 0.15) is 46.0 Å². The summed E-state index contributed by atoms with van der Waals surface area (Å²) in [6.07, 6.45) is 3.38. The van der Waals surface area contributed by atoms with Gasteiger partial charge in [-0.05, 0) is 26.7 Å². The lowest BCUT2D eigenvalue weighted by molar-refractivity contribution is -0.145. The number of amides is 3. The zero-order chi connectivity index (χ0) is 16.0. The van der Waals surface area contributed by atoms with E-state index in [4.69, 9.17) is 0 Å². The Balaban J connectivity index is 2.62. The number of carbonyl (C=O) groups is 3. The van der Waals surface area contributed by atoms with Gasteiger partial charge in [0, 0.05) is 13.6 Å². The minimum Gasteiger partial charge on any atom is -0.480 e. The summed E-state index contributed by atoms with van der Waals surface area (Å²) >= 11 is 0. The quantitative estimate of drug-likeness (QED) is 0.703. The third-order valence-corrected chi connectivity index (χ3v) is 4.04. The SMILES string of the molecule is CCN(C)C(=O)C(C)NC(=O)NC1(C(=O)O)CCCCC1. The molecule has 0 radical (unpaired) electrons. The van der Waals surface area contributed by atoms with E-state index < -0.39 is 23.6 Å². The zero-order valence-corrected chi connectivity index (χ0v) is 12.9. The second kappa shape index (κ2) is 7.28. The van der Waals surface area contributed by atoms with Gasteiger partial charge in [0.1, 0.15) is 11.6 Å². The van der Waals surface area contributed by atoms with Crippen LogP contribution in [0.3, 0.4) is 0 Å². The van der Waals surface area contributed by atoms with Gasteiger partial charge in [0.2, 0.25) is 5.91 Å². The van der Waals surface area contributed by atoms with Crippen molar-refractivity contribution in [1.82, 2.24) is 15.5 Å². The van der Waals surface area contributed by atoms with Crippen LogP contribution in [0.25, 0.3) is 0 Å². The van der Waals surface area contributed by atoms with Crippen LogP contribution >= 0.6 is 0 Å². The number of hydrogen-bond donors (Lipinski definition) is 3. The lowest BCUT2D eigenvalue weighted by atomic mass is 9.82. The van der Waals surface area contributed by atoms with Crippen molar-refractivity contribution in [2.24, 2.45) is 0 Å². The molecule has 1 atom stereocenters. The Morgan fingerprint density at radius 2 is 1.81 bits per heavy atom. The molecule has 1 aliphatic rings. The highest BCUT2D eigenvalue weighted by Crippen LogP contribution is 2.28. The van der Waals surface area contributed by atoms with Crippen LogP contribution in [0, 0.1) is 0 Å². The third kappa shape index (κ3) is 4.34. The lowest BCUT2D eigenvalue weighted by Crippen LogP contribution is -2.60. The van der Waals surface area contributed by atoms with E-state index in [1.54, 1.807) is 14.0 Å². The van der Waals surface area contributed by atoms with Crippen molar-refractivity contribution in [2.45, 2.75) is 57.5 Å². The number of likely N-dealkylation sites (N-methyl/N-ethyl adjacent to an activating group) is 1. The van der Waals surface area contributed by atoms with Gasteiger partial charge in [-0.3, -0.25) is 4.79 Å². The number of nitrogens with one attached hydrogen (secondary N) is 2. The van der Waals surface area contributed by atoms with E-state index in [1.165, 1.54) is 4.90 Å². The summed E-state index contributed by atoms with van der Waals surface area (Å²) in [5.41, 5.74) is -1.21. The van der Waals surface area contributed by atoms with E-state index in [-0.39, 0.29) is 5.91 Å². The van der Waals surface area contributed by atoms with Crippen molar-refractivity contribution in [1.29, 1.82) is 0 Å². The number of rotatable bonds is 5. The second-order valence-electron chi connectivity index (χ2n) is 5.62. The fourth-order valence-electron chi connectivity index (χ4n) is 2.55. The first-order chi connectivity index (χ1) is 9.82. The maximum absolute atomic E-state index is 12.0. The van der Waals surface area contributed by atoms with Crippen molar-refractivity contribution in [2.75, 3.05) is 13.6 Å². The summed E-state index contributed by atoms with van der Waals surface area (Å²) in [6.45, 7) is 3.97. The predicted octanol–water partition coefficient (Wildman–Crippen LogP) is 0.940. The average molecular weight is 299 g/mol. The van der Waals surface area contributed by atoms with Crippen molar-refractivity contribution >= 4 is 17.9 Å². The van der Waals surface area contributed by atoms with Gasteiger partial charge in [-0.25, -0.2) is 9.59 Å². The lowest BCUT2D eigenvalue weighted by Gasteiger charge is -2.34. The first-order valence-corrected chi connectivity index (χ1v) is 7.39. The number of nitrogens with zero attached hydrogens (tertiary/aromatic N) is 1. The van der Waals surface area contributed by atoms with Crippen LogP contribution in [-0.2, 0) is 9.59 Å². The summed E-state index contributed by atoms with van der Waals surface area (Å²) in [5, 5.41) is 14.5. The molecule has 21 heavy (non-hydrogen) atoms. The fraction of sp³-hybridized carbons (Fsp3) is 0.786. The molecule has 1 saturated carbocycles. The molecule has 1 unspecified atom stereocenters. The average Bonchev–Trinajstić information content (AvgIpc) is 2.46. The molecule has 0 aromatic rings. The Kier molecular flexibility index (Phi) is 5.99. The van der Waals surface area contributed by atoms with Crippen LogP contribution in [0.2, 0.25) is 0 Å². The first-order valence-electron chi connectivity index (χ1n) is 7.39. The zero-order valence-electron chi connectivity index (χ0n) is 12.9. The Hall–Kier alpha value is -1.79. The number of urea groups is 1. The third-order valence-electron chi connectivity index (χ3n) is 4.04. The van der Waals surface area contributed by atoms with Crippen molar-refractivity contribution < 1.29 is 19.5 Å². The number of carbonyl (C=O) groups excluding carboxylic acids is 2. The second-order valence-corrected chi connectivity index (χ2v) is 5.62. The minimum atomic E-state index is -1.21. The smallest absolute Gasteiger partial charge is 0.329 e. The molecule has 7 nitrogen and oxygen atoms in total. The summed E-state index contributed by atoms with van der Waals surface area (Å²) in [6, 6.07) is -1.30. The Morgan fingerprint density at radius 1 is 1.24 bits per heavy atom. The van der Waals surface area contributed by atoms with Gasteiger partial charge in [0.05, 0.1) is 0 Å². The van der Waals surface area contributed by atoms with Gasteiger partial charge >= 0.3 is 12.0 Å². The molecule has 1 fully saturated rings. The largest absolute Gasteiger partial charge is 0.480 e. The summed E-state index contributed by atoms with van der Waals surface area (Å²) in [4.78, 5) is 36.8. The van der Waals surface area contributed by atoms with Gasteiger partial charge in [0.15, 0.2) is 0 Å². The topological polar surface area (TPSA) is 98.7 Å². The van der Waals surface area contributed by atoms with Crippen molar-refractivity contribution in [3.05, 3.63) is 0 Å². The van der Waals surface area contributed by atoms with E-state index >= 15 is 0 Å². The molecule has 1 rings (SSSR count). The molecule has 0 bridgehead atoms. The van der Waals surface area contributed by atoms with Crippen LogP contribution in [0.5, 0.6) is 0 Å². The summed E-state index contributed by atoms with van der Waals surface area (Å²) in [7, 11) is 1.65. The molecule has 120 valence electrons. The molecule has 3 N–H and O–H groups in total. The van der Waals surface area contributed by atoms with E-state index in [1.807, 2.05) is 6.92 Å². The van der Waals surface area contributed by atoms with E-state index in [9.17, 15) is 19.5 Å². The molecular formula is C14H25N3O4. The Labute approximate surface area is 125 Å². The number of carboxylic acid groups (broad SMARTS) is 1. The highest BCUT2D eigenvalue weighted by Gasteiger charge is 2.41. The van der Waals surface area contributed by atoms with Crippen molar-refractivity contribution in [3.63, 3.8) is 0 Å². The molecule has 1 aliphatic carbocycles. The van der Waals surface area contributed by atoms with Gasteiger partial charge < -0.3 is 20.6 Å². The van der Waals surface area contributed by atoms with Crippen LogP contribution in [-0.4, -0.2) is 53.1 Å². The molecule has 0 aromatic carbocycles. The number of hydrogen-bond acceptors (Lipinski definition) is 3. The number of carboxylic acids is 1. The van der Waals surface area contributed by atoms with Crippen LogP contribution < -0.4 is 10.6 Å². The van der Waals surface area contributed by atoms with Crippen molar-refractivity contribution in [3.8, 4) is 0 Å². The summed E-state index contributed by atoms with van der Waals surface area (Å²) < 4.78 is 0. The summed E-state index contributed by atoms with van der Waals surface area (Å²) in [5.74, 6) is -1.22. The van der Waals surface area contributed by atoms with E-state index in [0.29, 0.717) is 19.4 Å². The van der Waals surface area contributed by atoms with Crippen LogP contribution in [0.4, 0.5) is 4.79 Å². The maximum atomic E-state index is 12.0. The highest BCUT2D eigenvalue weighted by atomic mass is 16.4. The Morgan fingerprint density at radius 3 is 2.29 bits per heavy atom. The highest BCUT2D eigenvalue weighted by molar-refractivity contribution is 5.90. The van der Waals surface area contributed by atoms with Crippen LogP contribution in [0.15, 0.2) is 0 Å². The van der Waals surface area contributed by atoms with Gasteiger partial charge in [-0.1, -0.05) is 19.3 Å². The molecule has 0 saturated heterocycles. The van der Waals surface area contributed by atoms with E-state index in [0.717, 1.165) is 19.3 Å². The Bertz CT molecular complexity index is 405. The monoisotopic (exact) mass is 299 g/mol. The van der Waals surface area contributed by atoms with E-state index in [2.05, 4.69) is 10.6 Å². The standard InChI is InChI=1S/C14H25N3O4/c1-4-17(3)11(18)10(2)15-13(21)16-14(12(19)20)8-6-5-7-9-14/h10H,4-9H2,1-3H3,(H,19,20)(H2,15,16,21). The molecular weight excluding hydrogens is 274 g/mol. The van der Waals surface area contributed by atoms with Gasteiger partial charge in [-0.15, -0.1) is 0 Å². The molecule has 3 amide bonds. The van der Waals surface area contributed by atoms with Gasteiger partial charge in [-0.2, -0.15) is 0 Å². The van der Waals surface area contributed by atoms with Gasteiger partial charge in [0.25, 0.3) is 0 Å². The maximum Gasteiger partial charge on any atom is 0.329 e. The fourth-order valence-corrected chi connectivity index (χ4v) is 2.55. The predicted molar refractivity (Wildman–Crippen MR) is 77.9 cm³/mol. The normalized spacial score (nSPS) is 18.4. The molecule has 7 heteroatoms. The minimum absolute atomic E-state index is 0.208. The first kappa shape index (κ1) is 17.3. The molecule has 0 spiro atoms. The molecule has 0 heterocycles.